The lowest BCUT2D eigenvalue weighted by Gasteiger charge is -2.31. The van der Waals surface area contributed by atoms with Gasteiger partial charge in [0.2, 0.25) is 0 Å². The van der Waals surface area contributed by atoms with Gasteiger partial charge in [-0.1, -0.05) is 18.2 Å². The zero-order valence-electron chi connectivity index (χ0n) is 16.3. The number of aromatic nitrogens is 1. The summed E-state index contributed by atoms with van der Waals surface area (Å²) in [4.78, 5) is 54.7. The fourth-order valence-electron chi connectivity index (χ4n) is 3.98. The number of nitrogens with one attached hydrogen (secondary N) is 1. The third kappa shape index (κ3) is 3.25. The first-order chi connectivity index (χ1) is 14.8. The second-order valence-corrected chi connectivity index (χ2v) is 7.13. The standard InChI is InChI=1S/C22H17N3O6/c1-11-16(21(28)29)17(12-5-4-8-23-9-12)18(22(30)31)15(24-11)10-25-19(26)13-6-2-3-7-14(13)20(25)27/h2-9,17,24H,10H2,1H3,(H,28,29)(H,30,31). The third-order valence-corrected chi connectivity index (χ3v) is 5.32. The fraction of sp³-hybridized carbons (Fsp3) is 0.136. The maximum atomic E-state index is 12.8. The van der Waals surface area contributed by atoms with Gasteiger partial charge in [-0.2, -0.15) is 0 Å². The summed E-state index contributed by atoms with van der Waals surface area (Å²) in [7, 11) is 0. The Labute approximate surface area is 176 Å². The summed E-state index contributed by atoms with van der Waals surface area (Å²) in [6, 6.07) is 9.50. The first kappa shape index (κ1) is 20.0. The van der Waals surface area contributed by atoms with Crippen LogP contribution in [0, 0.1) is 0 Å². The van der Waals surface area contributed by atoms with Crippen molar-refractivity contribution in [2.75, 3.05) is 6.54 Å². The summed E-state index contributed by atoms with van der Waals surface area (Å²) in [5, 5.41) is 22.5. The Balaban J connectivity index is 1.82. The van der Waals surface area contributed by atoms with E-state index in [-0.39, 0.29) is 40.2 Å². The molecule has 1 atom stereocenters. The van der Waals surface area contributed by atoms with Crippen LogP contribution in [0.15, 0.2) is 71.3 Å². The van der Waals surface area contributed by atoms with E-state index in [4.69, 9.17) is 0 Å². The number of fused-ring (bicyclic) bond motifs is 1. The largest absolute Gasteiger partial charge is 0.478 e. The normalized spacial score (nSPS) is 18.2. The predicted molar refractivity (Wildman–Crippen MR) is 107 cm³/mol. The summed E-state index contributed by atoms with van der Waals surface area (Å²) in [6.07, 6.45) is 2.89. The van der Waals surface area contributed by atoms with E-state index in [2.05, 4.69) is 10.3 Å². The molecule has 0 aliphatic carbocycles. The summed E-state index contributed by atoms with van der Waals surface area (Å²) in [5.41, 5.74) is 0.740. The van der Waals surface area contributed by atoms with Crippen molar-refractivity contribution in [2.24, 2.45) is 0 Å². The van der Waals surface area contributed by atoms with Crippen LogP contribution >= 0.6 is 0 Å². The zero-order valence-corrected chi connectivity index (χ0v) is 16.3. The van der Waals surface area contributed by atoms with E-state index in [0.717, 1.165) is 4.90 Å². The Morgan fingerprint density at radius 3 is 2.13 bits per heavy atom. The lowest BCUT2D eigenvalue weighted by molar-refractivity contribution is -0.133. The van der Waals surface area contributed by atoms with Gasteiger partial charge in [0, 0.05) is 23.8 Å². The van der Waals surface area contributed by atoms with Crippen molar-refractivity contribution in [3.8, 4) is 0 Å². The second kappa shape index (κ2) is 7.52. The van der Waals surface area contributed by atoms with Gasteiger partial charge >= 0.3 is 11.9 Å². The number of aliphatic carboxylic acids is 2. The van der Waals surface area contributed by atoms with Gasteiger partial charge in [-0.05, 0) is 30.7 Å². The van der Waals surface area contributed by atoms with Crippen molar-refractivity contribution < 1.29 is 29.4 Å². The third-order valence-electron chi connectivity index (χ3n) is 5.32. The molecule has 0 radical (unpaired) electrons. The highest BCUT2D eigenvalue weighted by Crippen LogP contribution is 2.38. The van der Waals surface area contributed by atoms with E-state index >= 15 is 0 Å². The molecule has 2 amide bonds. The molecule has 2 aliphatic rings. The number of hydrogen-bond donors (Lipinski definition) is 3. The molecule has 31 heavy (non-hydrogen) atoms. The SMILES string of the molecule is CC1=C(C(=O)O)C(c2cccnc2)C(C(=O)O)=C(CN2C(=O)c3ccccc3C2=O)N1. The minimum atomic E-state index is -1.36. The topological polar surface area (TPSA) is 137 Å². The van der Waals surface area contributed by atoms with Gasteiger partial charge in [0.05, 0.1) is 34.7 Å². The number of nitrogens with zero attached hydrogens (tertiary/aromatic N) is 2. The first-order valence-corrected chi connectivity index (χ1v) is 9.33. The molecule has 0 bridgehead atoms. The lowest BCUT2D eigenvalue weighted by Crippen LogP contribution is -2.39. The Bertz CT molecular complexity index is 1160. The van der Waals surface area contributed by atoms with E-state index in [1.807, 2.05) is 0 Å². The molecular weight excluding hydrogens is 402 g/mol. The average molecular weight is 419 g/mol. The second-order valence-electron chi connectivity index (χ2n) is 7.13. The van der Waals surface area contributed by atoms with E-state index in [9.17, 15) is 29.4 Å². The molecule has 0 saturated heterocycles. The van der Waals surface area contributed by atoms with Crippen LogP contribution in [-0.2, 0) is 9.59 Å². The Morgan fingerprint density at radius 2 is 1.61 bits per heavy atom. The number of pyridine rings is 1. The van der Waals surface area contributed by atoms with E-state index in [1.165, 1.54) is 31.5 Å². The summed E-state index contributed by atoms with van der Waals surface area (Å²) >= 11 is 0. The Kier molecular flexibility index (Phi) is 4.86. The molecule has 1 unspecified atom stereocenters. The molecule has 0 spiro atoms. The van der Waals surface area contributed by atoms with Crippen molar-refractivity contribution >= 4 is 23.8 Å². The van der Waals surface area contributed by atoms with Crippen molar-refractivity contribution in [3.63, 3.8) is 0 Å². The molecule has 3 heterocycles. The van der Waals surface area contributed by atoms with Gasteiger partial charge in [-0.3, -0.25) is 19.5 Å². The number of hydrogen-bond acceptors (Lipinski definition) is 6. The van der Waals surface area contributed by atoms with Gasteiger partial charge < -0.3 is 15.5 Å². The average Bonchev–Trinajstić information content (AvgIpc) is 2.98. The number of carboxylic acids is 2. The molecule has 9 heteroatoms. The van der Waals surface area contributed by atoms with Crippen LogP contribution in [0.4, 0.5) is 0 Å². The highest BCUT2D eigenvalue weighted by Gasteiger charge is 2.41. The molecule has 2 aromatic rings. The molecular formula is C22H17N3O6. The molecule has 0 saturated carbocycles. The van der Waals surface area contributed by atoms with Crippen LogP contribution in [0.3, 0.4) is 0 Å². The summed E-state index contributed by atoms with van der Waals surface area (Å²) in [5.74, 6) is -4.85. The minimum Gasteiger partial charge on any atom is -0.478 e. The Hall–Kier alpha value is -4.27. The van der Waals surface area contributed by atoms with Gasteiger partial charge in [-0.25, -0.2) is 9.59 Å². The molecule has 156 valence electrons. The summed E-state index contributed by atoms with van der Waals surface area (Å²) in [6.45, 7) is 1.17. The lowest BCUT2D eigenvalue weighted by atomic mass is 9.81. The zero-order chi connectivity index (χ0) is 22.3. The number of imide groups is 1. The van der Waals surface area contributed by atoms with Crippen molar-refractivity contribution in [1.29, 1.82) is 0 Å². The molecule has 2 aliphatic heterocycles. The highest BCUT2D eigenvalue weighted by molar-refractivity contribution is 6.21. The minimum absolute atomic E-state index is 0.0679. The maximum absolute atomic E-state index is 12.8. The van der Waals surface area contributed by atoms with Gasteiger partial charge in [-0.15, -0.1) is 0 Å². The maximum Gasteiger partial charge on any atom is 0.334 e. The van der Waals surface area contributed by atoms with E-state index < -0.39 is 29.7 Å². The van der Waals surface area contributed by atoms with Gasteiger partial charge in [0.25, 0.3) is 11.8 Å². The molecule has 0 fully saturated rings. The molecule has 9 nitrogen and oxygen atoms in total. The number of allylic oxidation sites excluding steroid dienone is 1. The molecule has 1 aromatic heterocycles. The number of dihydropyridines is 1. The number of amides is 2. The van der Waals surface area contributed by atoms with Crippen LogP contribution in [0.1, 0.15) is 39.1 Å². The Morgan fingerprint density at radius 1 is 1.00 bits per heavy atom. The first-order valence-electron chi connectivity index (χ1n) is 9.33. The van der Waals surface area contributed by atoms with E-state index in [1.54, 1.807) is 24.3 Å². The quantitative estimate of drug-likeness (QED) is 0.624. The summed E-state index contributed by atoms with van der Waals surface area (Å²) < 4.78 is 0. The van der Waals surface area contributed by atoms with E-state index in [0.29, 0.717) is 5.56 Å². The monoisotopic (exact) mass is 419 g/mol. The van der Waals surface area contributed by atoms with Gasteiger partial charge in [0.1, 0.15) is 0 Å². The highest BCUT2D eigenvalue weighted by atomic mass is 16.4. The number of carboxylic acid groups (broad SMARTS) is 2. The number of carbonyl (C=O) groups is 4. The van der Waals surface area contributed by atoms with Crippen molar-refractivity contribution in [2.45, 2.75) is 12.8 Å². The molecule has 1 aromatic carbocycles. The number of carbonyl (C=O) groups excluding carboxylic acids is 2. The predicted octanol–water partition coefficient (Wildman–Crippen LogP) is 1.76. The number of rotatable bonds is 5. The smallest absolute Gasteiger partial charge is 0.334 e. The van der Waals surface area contributed by atoms with Crippen LogP contribution in [-0.4, -0.2) is 50.4 Å². The van der Waals surface area contributed by atoms with Crippen molar-refractivity contribution in [1.82, 2.24) is 15.2 Å². The fourth-order valence-corrected chi connectivity index (χ4v) is 3.98. The van der Waals surface area contributed by atoms with Crippen LogP contribution in [0.2, 0.25) is 0 Å². The number of benzene rings is 1. The van der Waals surface area contributed by atoms with Crippen LogP contribution in [0.25, 0.3) is 0 Å². The van der Waals surface area contributed by atoms with Crippen LogP contribution < -0.4 is 5.32 Å². The molecule has 4 rings (SSSR count). The van der Waals surface area contributed by atoms with Crippen molar-refractivity contribution in [3.05, 3.63) is 88.0 Å². The van der Waals surface area contributed by atoms with Gasteiger partial charge in [0.15, 0.2) is 0 Å². The van der Waals surface area contributed by atoms with Crippen LogP contribution in [0.5, 0.6) is 0 Å². The molecule has 3 N–H and O–H groups in total.